The molecule has 0 unspecified atom stereocenters. The highest BCUT2D eigenvalue weighted by atomic mass is 19.1. The molecule has 1 N–H and O–H groups in total. The van der Waals surface area contributed by atoms with Crippen LogP contribution < -0.4 is 10.2 Å². The number of rotatable bonds is 5. The summed E-state index contributed by atoms with van der Waals surface area (Å²) in [5, 5.41) is 3.39. The first-order valence-electron chi connectivity index (χ1n) is 6.43. The molecule has 0 aliphatic heterocycles. The molecule has 0 radical (unpaired) electrons. The maximum absolute atomic E-state index is 13.1. The van der Waals surface area contributed by atoms with Gasteiger partial charge in [0.05, 0.1) is 0 Å². The Balaban J connectivity index is 1.88. The molecule has 0 aliphatic rings. The molecule has 2 aromatic rings. The summed E-state index contributed by atoms with van der Waals surface area (Å²) < 4.78 is 13.1. The molecule has 0 saturated heterocycles. The number of anilines is 2. The van der Waals surface area contributed by atoms with Gasteiger partial charge in [-0.3, -0.25) is 0 Å². The van der Waals surface area contributed by atoms with Crippen LogP contribution in [0.4, 0.5) is 15.8 Å². The number of benzene rings is 2. The quantitative estimate of drug-likeness (QED) is 0.880. The first kappa shape index (κ1) is 13.4. The second kappa shape index (κ2) is 6.23. The average molecular weight is 258 g/mol. The van der Waals surface area contributed by atoms with E-state index in [-0.39, 0.29) is 5.82 Å². The third-order valence-electron chi connectivity index (χ3n) is 3.16. The first-order valence-corrected chi connectivity index (χ1v) is 6.43. The molecule has 0 spiro atoms. The molecule has 0 amide bonds. The Morgan fingerprint density at radius 1 is 1.11 bits per heavy atom. The minimum atomic E-state index is -0.198. The summed E-state index contributed by atoms with van der Waals surface area (Å²) in [7, 11) is 1.97. The molecule has 2 rings (SSSR count). The van der Waals surface area contributed by atoms with Gasteiger partial charge in [0.25, 0.3) is 0 Å². The molecule has 0 atom stereocenters. The summed E-state index contributed by atoms with van der Waals surface area (Å²) in [5.74, 6) is -0.198. The minimum absolute atomic E-state index is 0.198. The number of para-hydroxylation sites is 1. The van der Waals surface area contributed by atoms with Crippen LogP contribution in [0.15, 0.2) is 48.5 Å². The van der Waals surface area contributed by atoms with Gasteiger partial charge in [0.15, 0.2) is 0 Å². The predicted octanol–water partition coefficient (Wildman–Crippen LogP) is 3.68. The highest BCUT2D eigenvalue weighted by molar-refractivity contribution is 5.51. The number of hydrogen-bond donors (Lipinski definition) is 1. The van der Waals surface area contributed by atoms with Crippen molar-refractivity contribution in [2.45, 2.75) is 6.92 Å². The summed E-state index contributed by atoms with van der Waals surface area (Å²) in [5.41, 5.74) is 3.28. The van der Waals surface area contributed by atoms with Crippen molar-refractivity contribution in [2.75, 3.05) is 30.4 Å². The molecule has 0 bridgehead atoms. The van der Waals surface area contributed by atoms with E-state index >= 15 is 0 Å². The van der Waals surface area contributed by atoms with Crippen molar-refractivity contribution in [2.24, 2.45) is 0 Å². The van der Waals surface area contributed by atoms with Crippen molar-refractivity contribution in [1.29, 1.82) is 0 Å². The summed E-state index contributed by atoms with van der Waals surface area (Å²) in [6.07, 6.45) is 0. The Kier molecular flexibility index (Phi) is 4.39. The van der Waals surface area contributed by atoms with E-state index < -0.39 is 0 Å². The van der Waals surface area contributed by atoms with E-state index in [9.17, 15) is 4.39 Å². The van der Waals surface area contributed by atoms with E-state index in [4.69, 9.17) is 0 Å². The van der Waals surface area contributed by atoms with E-state index in [0.29, 0.717) is 0 Å². The molecular weight excluding hydrogens is 239 g/mol. The molecule has 3 heteroatoms. The topological polar surface area (TPSA) is 15.3 Å². The molecule has 0 aliphatic carbocycles. The van der Waals surface area contributed by atoms with Crippen LogP contribution in [0.2, 0.25) is 0 Å². The Bertz CT molecular complexity index is 540. The molecule has 0 fully saturated rings. The van der Waals surface area contributed by atoms with Crippen LogP contribution in [-0.4, -0.2) is 20.1 Å². The van der Waals surface area contributed by atoms with Gasteiger partial charge in [0.1, 0.15) is 5.82 Å². The van der Waals surface area contributed by atoms with E-state index in [1.807, 2.05) is 30.1 Å². The standard InChI is InChI=1S/C16H19FN2/c1-13-6-3-4-9-16(13)18-10-11-19(2)15-8-5-7-14(17)12-15/h3-9,12,18H,10-11H2,1-2H3. The van der Waals surface area contributed by atoms with E-state index in [1.54, 1.807) is 12.1 Å². The van der Waals surface area contributed by atoms with Gasteiger partial charge < -0.3 is 10.2 Å². The van der Waals surface area contributed by atoms with Gasteiger partial charge in [0, 0.05) is 31.5 Å². The molecule has 0 aromatic heterocycles. The molecular formula is C16H19FN2. The Hall–Kier alpha value is -2.03. The normalized spacial score (nSPS) is 10.3. The van der Waals surface area contributed by atoms with Crippen molar-refractivity contribution in [3.63, 3.8) is 0 Å². The summed E-state index contributed by atoms with van der Waals surface area (Å²) >= 11 is 0. The Morgan fingerprint density at radius 2 is 1.89 bits per heavy atom. The zero-order valence-corrected chi connectivity index (χ0v) is 11.4. The van der Waals surface area contributed by atoms with Gasteiger partial charge in [-0.25, -0.2) is 4.39 Å². The lowest BCUT2D eigenvalue weighted by molar-refractivity contribution is 0.627. The number of aryl methyl sites for hydroxylation is 1. The van der Waals surface area contributed by atoms with Crippen LogP contribution in [0.25, 0.3) is 0 Å². The van der Waals surface area contributed by atoms with Crippen LogP contribution in [0.1, 0.15) is 5.56 Å². The number of halogens is 1. The molecule has 2 aromatic carbocycles. The van der Waals surface area contributed by atoms with Gasteiger partial charge in [-0.05, 0) is 36.8 Å². The average Bonchev–Trinajstić information content (AvgIpc) is 2.41. The van der Waals surface area contributed by atoms with Crippen LogP contribution in [0.3, 0.4) is 0 Å². The molecule has 0 saturated carbocycles. The van der Waals surface area contributed by atoms with Crippen LogP contribution in [-0.2, 0) is 0 Å². The third kappa shape index (κ3) is 3.71. The second-order valence-electron chi connectivity index (χ2n) is 4.64. The lowest BCUT2D eigenvalue weighted by atomic mass is 10.2. The van der Waals surface area contributed by atoms with Crippen LogP contribution in [0.5, 0.6) is 0 Å². The zero-order chi connectivity index (χ0) is 13.7. The lowest BCUT2D eigenvalue weighted by Crippen LogP contribution is -2.24. The number of nitrogens with one attached hydrogen (secondary N) is 1. The number of nitrogens with zero attached hydrogens (tertiary/aromatic N) is 1. The van der Waals surface area contributed by atoms with Crippen molar-refractivity contribution >= 4 is 11.4 Å². The fourth-order valence-electron chi connectivity index (χ4n) is 1.97. The second-order valence-corrected chi connectivity index (χ2v) is 4.64. The first-order chi connectivity index (χ1) is 9.16. The maximum atomic E-state index is 13.1. The van der Waals surface area contributed by atoms with Crippen LogP contribution in [0, 0.1) is 12.7 Å². The fraction of sp³-hybridized carbons (Fsp3) is 0.250. The van der Waals surface area contributed by atoms with Crippen molar-refractivity contribution in [3.8, 4) is 0 Å². The Labute approximate surface area is 113 Å². The molecule has 100 valence electrons. The fourth-order valence-corrected chi connectivity index (χ4v) is 1.97. The van der Waals surface area contributed by atoms with E-state index in [1.165, 1.54) is 11.6 Å². The lowest BCUT2D eigenvalue weighted by Gasteiger charge is -2.20. The summed E-state index contributed by atoms with van der Waals surface area (Å²) in [4.78, 5) is 2.04. The zero-order valence-electron chi connectivity index (χ0n) is 11.4. The largest absolute Gasteiger partial charge is 0.383 e. The minimum Gasteiger partial charge on any atom is -0.383 e. The predicted molar refractivity (Wildman–Crippen MR) is 79.3 cm³/mol. The van der Waals surface area contributed by atoms with E-state index in [0.717, 1.165) is 24.5 Å². The number of likely N-dealkylation sites (N-methyl/N-ethyl adjacent to an activating group) is 1. The van der Waals surface area contributed by atoms with Gasteiger partial charge in [-0.1, -0.05) is 24.3 Å². The van der Waals surface area contributed by atoms with Gasteiger partial charge in [0.2, 0.25) is 0 Å². The molecule has 2 nitrogen and oxygen atoms in total. The third-order valence-corrected chi connectivity index (χ3v) is 3.16. The molecule has 19 heavy (non-hydrogen) atoms. The monoisotopic (exact) mass is 258 g/mol. The van der Waals surface area contributed by atoms with Crippen molar-refractivity contribution < 1.29 is 4.39 Å². The Morgan fingerprint density at radius 3 is 2.63 bits per heavy atom. The summed E-state index contributed by atoms with van der Waals surface area (Å²) in [6.45, 7) is 3.72. The van der Waals surface area contributed by atoms with Crippen molar-refractivity contribution in [3.05, 3.63) is 59.9 Å². The van der Waals surface area contributed by atoms with E-state index in [2.05, 4.69) is 24.4 Å². The van der Waals surface area contributed by atoms with Gasteiger partial charge >= 0.3 is 0 Å². The summed E-state index contributed by atoms with van der Waals surface area (Å²) in [6, 6.07) is 14.9. The van der Waals surface area contributed by atoms with Gasteiger partial charge in [-0.15, -0.1) is 0 Å². The van der Waals surface area contributed by atoms with Gasteiger partial charge in [-0.2, -0.15) is 0 Å². The smallest absolute Gasteiger partial charge is 0.125 e. The SMILES string of the molecule is Cc1ccccc1NCCN(C)c1cccc(F)c1. The maximum Gasteiger partial charge on any atom is 0.125 e. The highest BCUT2D eigenvalue weighted by Crippen LogP contribution is 2.15. The van der Waals surface area contributed by atoms with Crippen LogP contribution >= 0.6 is 0 Å². The highest BCUT2D eigenvalue weighted by Gasteiger charge is 2.02. The van der Waals surface area contributed by atoms with Crippen molar-refractivity contribution in [1.82, 2.24) is 0 Å². The number of hydrogen-bond acceptors (Lipinski definition) is 2. The molecule has 0 heterocycles.